The molecule has 0 aliphatic carbocycles. The van der Waals surface area contributed by atoms with Gasteiger partial charge in [-0.3, -0.25) is 10.1 Å². The Kier molecular flexibility index (Phi) is 3.30. The number of aromatic amines is 1. The number of imidazole rings is 1. The molecule has 0 aliphatic rings. The summed E-state index contributed by atoms with van der Waals surface area (Å²) in [4.78, 5) is 29.6. The fraction of sp³-hybridized carbons (Fsp3) is 0.0667. The maximum Gasteiger partial charge on any atom is 0.338 e. The summed E-state index contributed by atoms with van der Waals surface area (Å²) in [6.45, 7) is 0. The fourth-order valence-electron chi connectivity index (χ4n) is 2.18. The molecule has 7 heteroatoms. The molecule has 0 fully saturated rings. The van der Waals surface area contributed by atoms with E-state index in [1.165, 1.54) is 25.3 Å². The lowest BCUT2D eigenvalue weighted by Gasteiger charge is -2.02. The second-order valence-corrected chi connectivity index (χ2v) is 4.62. The van der Waals surface area contributed by atoms with Gasteiger partial charge in [0.25, 0.3) is 5.69 Å². The molecule has 0 spiro atoms. The van der Waals surface area contributed by atoms with Gasteiger partial charge in [-0.05, 0) is 18.2 Å². The molecular formula is C15H11N3O4. The van der Waals surface area contributed by atoms with Crippen molar-refractivity contribution in [1.82, 2.24) is 9.97 Å². The molecule has 0 saturated carbocycles. The van der Waals surface area contributed by atoms with E-state index in [1.54, 1.807) is 0 Å². The van der Waals surface area contributed by atoms with Gasteiger partial charge < -0.3 is 9.72 Å². The third-order valence-electron chi connectivity index (χ3n) is 3.21. The van der Waals surface area contributed by atoms with E-state index in [4.69, 9.17) is 0 Å². The molecule has 0 aliphatic heterocycles. The van der Waals surface area contributed by atoms with Crippen LogP contribution in [-0.4, -0.2) is 28.0 Å². The van der Waals surface area contributed by atoms with Gasteiger partial charge in [-0.25, -0.2) is 9.78 Å². The molecule has 110 valence electrons. The second-order valence-electron chi connectivity index (χ2n) is 4.62. The number of ether oxygens (including phenoxy) is 1. The number of non-ortho nitro benzene ring substituents is 1. The van der Waals surface area contributed by atoms with Crippen LogP contribution in [0.2, 0.25) is 0 Å². The minimum Gasteiger partial charge on any atom is -0.465 e. The Hall–Kier alpha value is -3.22. The van der Waals surface area contributed by atoms with Crippen molar-refractivity contribution in [3.05, 3.63) is 58.1 Å². The van der Waals surface area contributed by atoms with Crippen LogP contribution in [0.4, 0.5) is 5.69 Å². The van der Waals surface area contributed by atoms with Gasteiger partial charge in [0.05, 0.1) is 28.6 Å². The highest BCUT2D eigenvalue weighted by atomic mass is 16.6. The molecule has 0 amide bonds. The number of nitro groups is 1. The first-order valence-electron chi connectivity index (χ1n) is 6.41. The van der Waals surface area contributed by atoms with Crippen LogP contribution in [0.3, 0.4) is 0 Å². The Morgan fingerprint density at radius 3 is 2.73 bits per heavy atom. The molecule has 22 heavy (non-hydrogen) atoms. The maximum absolute atomic E-state index is 11.7. The number of para-hydroxylation sites is 2. The lowest BCUT2D eigenvalue weighted by molar-refractivity contribution is -0.384. The maximum atomic E-state index is 11.7. The number of hydrogen-bond donors (Lipinski definition) is 1. The van der Waals surface area contributed by atoms with E-state index < -0.39 is 10.9 Å². The van der Waals surface area contributed by atoms with Crippen molar-refractivity contribution in [2.75, 3.05) is 7.11 Å². The number of hydrogen-bond acceptors (Lipinski definition) is 5. The lowest BCUT2D eigenvalue weighted by atomic mass is 10.1. The summed E-state index contributed by atoms with van der Waals surface area (Å²) in [5.74, 6) is -0.184. The standard InChI is InChI=1S/C15H11N3O4/c1-22-15(19)10-6-9(7-11(8-10)18(20)21)14-16-12-4-2-3-5-13(12)17-14/h2-8H,1H3,(H,16,17). The van der Waals surface area contributed by atoms with Crippen LogP contribution >= 0.6 is 0 Å². The number of esters is 1. The first kappa shape index (κ1) is 13.7. The number of carbonyl (C=O) groups excluding carboxylic acids is 1. The van der Waals surface area contributed by atoms with Crippen LogP contribution in [0.15, 0.2) is 42.5 Å². The summed E-state index contributed by atoms with van der Waals surface area (Å²) in [7, 11) is 1.22. The smallest absolute Gasteiger partial charge is 0.338 e. The average molecular weight is 297 g/mol. The molecule has 0 saturated heterocycles. The van der Waals surface area contributed by atoms with Crippen LogP contribution < -0.4 is 0 Å². The van der Waals surface area contributed by atoms with Crippen molar-refractivity contribution in [3.63, 3.8) is 0 Å². The summed E-state index contributed by atoms with van der Waals surface area (Å²) in [5, 5.41) is 11.0. The lowest BCUT2D eigenvalue weighted by Crippen LogP contribution is -2.03. The Bertz CT molecular complexity index is 852. The molecule has 7 nitrogen and oxygen atoms in total. The van der Waals surface area contributed by atoms with Crippen molar-refractivity contribution >= 4 is 22.7 Å². The molecule has 3 rings (SSSR count). The van der Waals surface area contributed by atoms with E-state index in [2.05, 4.69) is 14.7 Å². The number of rotatable bonds is 3. The number of nitro benzene ring substituents is 1. The molecule has 0 radical (unpaired) electrons. The van der Waals surface area contributed by atoms with Gasteiger partial charge in [0.1, 0.15) is 5.82 Å². The monoisotopic (exact) mass is 297 g/mol. The van der Waals surface area contributed by atoms with E-state index in [0.717, 1.165) is 11.0 Å². The number of fused-ring (bicyclic) bond motifs is 1. The van der Waals surface area contributed by atoms with E-state index in [9.17, 15) is 14.9 Å². The fourth-order valence-corrected chi connectivity index (χ4v) is 2.18. The largest absolute Gasteiger partial charge is 0.465 e. The van der Waals surface area contributed by atoms with E-state index >= 15 is 0 Å². The zero-order chi connectivity index (χ0) is 15.7. The van der Waals surface area contributed by atoms with Crippen LogP contribution in [-0.2, 0) is 4.74 Å². The normalized spacial score (nSPS) is 10.6. The summed E-state index contributed by atoms with van der Waals surface area (Å²) in [5.41, 5.74) is 1.91. The Balaban J connectivity index is 2.18. The Morgan fingerprint density at radius 1 is 1.27 bits per heavy atom. The molecular weight excluding hydrogens is 286 g/mol. The first-order valence-corrected chi connectivity index (χ1v) is 6.41. The van der Waals surface area contributed by atoms with Crippen LogP contribution in [0.5, 0.6) is 0 Å². The number of aromatic nitrogens is 2. The molecule has 1 aromatic heterocycles. The van der Waals surface area contributed by atoms with Gasteiger partial charge in [-0.2, -0.15) is 0 Å². The second kappa shape index (κ2) is 5.28. The van der Waals surface area contributed by atoms with Gasteiger partial charge in [-0.15, -0.1) is 0 Å². The molecule has 0 atom stereocenters. The topological polar surface area (TPSA) is 98.1 Å². The highest BCUT2D eigenvalue weighted by Gasteiger charge is 2.17. The third kappa shape index (κ3) is 2.39. The van der Waals surface area contributed by atoms with E-state index in [0.29, 0.717) is 11.4 Å². The summed E-state index contributed by atoms with van der Waals surface area (Å²) in [6, 6.07) is 11.4. The zero-order valence-electron chi connectivity index (χ0n) is 11.6. The minimum atomic E-state index is -0.638. The predicted octanol–water partition coefficient (Wildman–Crippen LogP) is 2.92. The number of methoxy groups -OCH3 is 1. The molecule has 2 aromatic carbocycles. The van der Waals surface area contributed by atoms with Crippen molar-refractivity contribution in [3.8, 4) is 11.4 Å². The van der Waals surface area contributed by atoms with Crippen molar-refractivity contribution in [1.29, 1.82) is 0 Å². The molecule has 0 unspecified atom stereocenters. The van der Waals surface area contributed by atoms with E-state index in [1.807, 2.05) is 24.3 Å². The molecule has 1 heterocycles. The summed E-state index contributed by atoms with van der Waals surface area (Å²) in [6.07, 6.45) is 0. The van der Waals surface area contributed by atoms with Crippen molar-refractivity contribution in [2.45, 2.75) is 0 Å². The van der Waals surface area contributed by atoms with Gasteiger partial charge in [0.2, 0.25) is 0 Å². The average Bonchev–Trinajstić information content (AvgIpc) is 2.97. The van der Waals surface area contributed by atoms with Crippen LogP contribution in [0.25, 0.3) is 22.4 Å². The van der Waals surface area contributed by atoms with E-state index in [-0.39, 0.29) is 11.3 Å². The molecule has 1 N–H and O–H groups in total. The quantitative estimate of drug-likeness (QED) is 0.455. The third-order valence-corrected chi connectivity index (χ3v) is 3.21. The minimum absolute atomic E-state index is 0.104. The van der Waals surface area contributed by atoms with Crippen molar-refractivity contribution in [2.24, 2.45) is 0 Å². The van der Waals surface area contributed by atoms with Crippen molar-refractivity contribution < 1.29 is 14.5 Å². The number of H-pyrrole nitrogens is 1. The molecule has 0 bridgehead atoms. The number of carbonyl (C=O) groups is 1. The number of nitrogens with zero attached hydrogens (tertiary/aromatic N) is 2. The van der Waals surface area contributed by atoms with Gasteiger partial charge in [0.15, 0.2) is 0 Å². The Labute approximate surface area is 124 Å². The van der Waals surface area contributed by atoms with Gasteiger partial charge >= 0.3 is 5.97 Å². The Morgan fingerprint density at radius 2 is 2.05 bits per heavy atom. The number of benzene rings is 2. The van der Waals surface area contributed by atoms with Crippen LogP contribution in [0.1, 0.15) is 10.4 Å². The van der Waals surface area contributed by atoms with Gasteiger partial charge in [-0.1, -0.05) is 12.1 Å². The highest BCUT2D eigenvalue weighted by Crippen LogP contribution is 2.26. The SMILES string of the molecule is COC(=O)c1cc(-c2nc3ccccc3[nH]2)cc([N+](=O)[O-])c1. The zero-order valence-corrected chi connectivity index (χ0v) is 11.6. The summed E-state index contributed by atoms with van der Waals surface area (Å²) >= 11 is 0. The summed E-state index contributed by atoms with van der Waals surface area (Å²) < 4.78 is 4.63. The molecule has 3 aromatic rings. The number of nitrogens with one attached hydrogen (secondary N) is 1. The van der Waals surface area contributed by atoms with Gasteiger partial charge in [0, 0.05) is 17.7 Å². The predicted molar refractivity (Wildman–Crippen MR) is 79.5 cm³/mol. The first-order chi connectivity index (χ1) is 10.6. The highest BCUT2D eigenvalue weighted by molar-refractivity contribution is 5.92. The van der Waals surface area contributed by atoms with Crippen LogP contribution in [0, 0.1) is 10.1 Å².